The summed E-state index contributed by atoms with van der Waals surface area (Å²) in [7, 11) is 2.13. The molecule has 0 amide bonds. The van der Waals surface area contributed by atoms with E-state index in [0.29, 0.717) is 12.5 Å². The van der Waals surface area contributed by atoms with Crippen LogP contribution in [0, 0.1) is 0 Å². The molecular weight excluding hydrogens is 238 g/mol. The van der Waals surface area contributed by atoms with Crippen LogP contribution in [0.5, 0.6) is 0 Å². The molecule has 1 aromatic rings. The molecule has 0 unspecified atom stereocenters. The average molecular weight is 261 g/mol. The molecular formula is C16H23NO2. The molecule has 0 saturated carbocycles. The van der Waals surface area contributed by atoms with Gasteiger partial charge in [0.05, 0.1) is 0 Å². The predicted molar refractivity (Wildman–Crippen MR) is 75.8 cm³/mol. The number of likely N-dealkylation sites (tertiary alicyclic amines) is 1. The second-order valence-corrected chi connectivity index (χ2v) is 5.47. The van der Waals surface area contributed by atoms with Gasteiger partial charge in [-0.2, -0.15) is 0 Å². The SMILES string of the molecule is CCC(=O)O[C@]1(c2ccccc2)CCN(C)[C@H](C)C1. The molecule has 2 rings (SSSR count). The summed E-state index contributed by atoms with van der Waals surface area (Å²) in [5, 5.41) is 0. The van der Waals surface area contributed by atoms with Crippen LogP contribution < -0.4 is 0 Å². The maximum atomic E-state index is 11.8. The zero-order valence-electron chi connectivity index (χ0n) is 12.1. The van der Waals surface area contributed by atoms with Gasteiger partial charge in [-0.3, -0.25) is 4.79 Å². The molecule has 19 heavy (non-hydrogen) atoms. The summed E-state index contributed by atoms with van der Waals surface area (Å²) in [5.74, 6) is -0.111. The van der Waals surface area contributed by atoms with E-state index in [0.717, 1.165) is 24.9 Å². The summed E-state index contributed by atoms with van der Waals surface area (Å²) in [6, 6.07) is 10.6. The van der Waals surface area contributed by atoms with Gasteiger partial charge in [0, 0.05) is 31.8 Å². The van der Waals surface area contributed by atoms with Crippen molar-refractivity contribution < 1.29 is 9.53 Å². The van der Waals surface area contributed by atoms with Gasteiger partial charge in [0.15, 0.2) is 0 Å². The number of nitrogens with zero attached hydrogens (tertiary/aromatic N) is 1. The van der Waals surface area contributed by atoms with Gasteiger partial charge < -0.3 is 9.64 Å². The lowest BCUT2D eigenvalue weighted by Gasteiger charge is -2.44. The summed E-state index contributed by atoms with van der Waals surface area (Å²) in [4.78, 5) is 14.1. The lowest BCUT2D eigenvalue weighted by molar-refractivity contribution is -0.168. The van der Waals surface area contributed by atoms with Gasteiger partial charge in [-0.15, -0.1) is 0 Å². The average Bonchev–Trinajstić information content (AvgIpc) is 2.44. The summed E-state index contributed by atoms with van der Waals surface area (Å²) in [5.41, 5.74) is 0.678. The molecule has 0 bridgehead atoms. The van der Waals surface area contributed by atoms with Crippen LogP contribution in [-0.4, -0.2) is 30.5 Å². The largest absolute Gasteiger partial charge is 0.454 e. The van der Waals surface area contributed by atoms with E-state index >= 15 is 0 Å². The van der Waals surface area contributed by atoms with Crippen molar-refractivity contribution in [1.29, 1.82) is 0 Å². The number of ether oxygens (including phenoxy) is 1. The van der Waals surface area contributed by atoms with Gasteiger partial charge >= 0.3 is 5.97 Å². The number of hydrogen-bond donors (Lipinski definition) is 0. The molecule has 1 fully saturated rings. The first-order chi connectivity index (χ1) is 9.07. The van der Waals surface area contributed by atoms with Crippen LogP contribution >= 0.6 is 0 Å². The fraction of sp³-hybridized carbons (Fsp3) is 0.562. The van der Waals surface area contributed by atoms with Crippen molar-refractivity contribution in [2.75, 3.05) is 13.6 Å². The van der Waals surface area contributed by atoms with Crippen molar-refractivity contribution in [2.24, 2.45) is 0 Å². The van der Waals surface area contributed by atoms with E-state index in [1.54, 1.807) is 0 Å². The minimum atomic E-state index is -0.444. The highest BCUT2D eigenvalue weighted by molar-refractivity contribution is 5.69. The van der Waals surface area contributed by atoms with Crippen LogP contribution in [0.4, 0.5) is 0 Å². The number of carbonyl (C=O) groups is 1. The summed E-state index contributed by atoms with van der Waals surface area (Å²) < 4.78 is 5.87. The van der Waals surface area contributed by atoms with E-state index in [1.165, 1.54) is 0 Å². The molecule has 104 valence electrons. The summed E-state index contributed by atoms with van der Waals surface area (Å²) in [6.07, 6.45) is 2.15. The van der Waals surface area contributed by atoms with Crippen molar-refractivity contribution in [3.05, 3.63) is 35.9 Å². The Labute approximate surface area is 115 Å². The van der Waals surface area contributed by atoms with E-state index in [-0.39, 0.29) is 5.97 Å². The lowest BCUT2D eigenvalue weighted by atomic mass is 9.81. The third kappa shape index (κ3) is 2.98. The fourth-order valence-electron chi connectivity index (χ4n) is 2.76. The molecule has 2 atom stereocenters. The number of esters is 1. The fourth-order valence-corrected chi connectivity index (χ4v) is 2.76. The third-order valence-electron chi connectivity index (χ3n) is 4.14. The first-order valence-electron chi connectivity index (χ1n) is 7.05. The van der Waals surface area contributed by atoms with E-state index in [1.807, 2.05) is 25.1 Å². The molecule has 3 heteroatoms. The minimum absolute atomic E-state index is 0.111. The number of hydrogen-bond acceptors (Lipinski definition) is 3. The lowest BCUT2D eigenvalue weighted by Crippen LogP contribution is -2.48. The maximum Gasteiger partial charge on any atom is 0.306 e. The minimum Gasteiger partial charge on any atom is -0.454 e. The van der Waals surface area contributed by atoms with Gasteiger partial charge in [-0.25, -0.2) is 0 Å². The maximum absolute atomic E-state index is 11.8. The van der Waals surface area contributed by atoms with Crippen LogP contribution in [0.25, 0.3) is 0 Å². The Morgan fingerprint density at radius 2 is 2.11 bits per heavy atom. The molecule has 1 aromatic carbocycles. The van der Waals surface area contributed by atoms with E-state index in [9.17, 15) is 4.79 Å². The highest BCUT2D eigenvalue weighted by Gasteiger charge is 2.41. The van der Waals surface area contributed by atoms with Crippen LogP contribution in [-0.2, 0) is 15.1 Å². The molecule has 0 aliphatic carbocycles. The van der Waals surface area contributed by atoms with Crippen molar-refractivity contribution in [2.45, 2.75) is 44.8 Å². The second kappa shape index (κ2) is 5.74. The smallest absolute Gasteiger partial charge is 0.306 e. The Morgan fingerprint density at radius 3 is 2.68 bits per heavy atom. The van der Waals surface area contributed by atoms with Crippen LogP contribution in [0.15, 0.2) is 30.3 Å². The number of rotatable bonds is 3. The molecule has 1 aliphatic rings. The quantitative estimate of drug-likeness (QED) is 0.783. The Morgan fingerprint density at radius 1 is 1.42 bits per heavy atom. The van der Waals surface area contributed by atoms with E-state index in [4.69, 9.17) is 4.74 Å². The second-order valence-electron chi connectivity index (χ2n) is 5.47. The van der Waals surface area contributed by atoms with Crippen molar-refractivity contribution in [3.8, 4) is 0 Å². The predicted octanol–water partition coefficient (Wildman–Crippen LogP) is 2.95. The highest BCUT2D eigenvalue weighted by Crippen LogP contribution is 2.39. The molecule has 0 radical (unpaired) electrons. The van der Waals surface area contributed by atoms with Gasteiger partial charge in [-0.05, 0) is 19.5 Å². The Hall–Kier alpha value is -1.35. The number of benzene rings is 1. The standard InChI is InChI=1S/C16H23NO2/c1-4-15(18)19-16(14-8-6-5-7-9-14)10-11-17(3)13(2)12-16/h5-9,13H,4,10-12H2,1-3H3/t13-,16-/m1/s1. The molecule has 0 N–H and O–H groups in total. The van der Waals surface area contributed by atoms with Gasteiger partial charge in [0.1, 0.15) is 5.60 Å². The molecule has 3 nitrogen and oxygen atoms in total. The third-order valence-corrected chi connectivity index (χ3v) is 4.14. The normalized spacial score (nSPS) is 28.1. The molecule has 1 saturated heterocycles. The topological polar surface area (TPSA) is 29.5 Å². The first-order valence-corrected chi connectivity index (χ1v) is 7.05. The van der Waals surface area contributed by atoms with Crippen molar-refractivity contribution >= 4 is 5.97 Å². The van der Waals surface area contributed by atoms with Gasteiger partial charge in [0.25, 0.3) is 0 Å². The monoisotopic (exact) mass is 261 g/mol. The van der Waals surface area contributed by atoms with Gasteiger partial charge in [0.2, 0.25) is 0 Å². The Bertz CT molecular complexity index is 432. The van der Waals surface area contributed by atoms with Crippen molar-refractivity contribution in [3.63, 3.8) is 0 Å². The number of carbonyl (C=O) groups excluding carboxylic acids is 1. The van der Waals surface area contributed by atoms with Crippen LogP contribution in [0.3, 0.4) is 0 Å². The molecule has 1 heterocycles. The molecule has 0 spiro atoms. The molecule has 1 aliphatic heterocycles. The van der Waals surface area contributed by atoms with E-state index < -0.39 is 5.60 Å². The zero-order chi connectivity index (χ0) is 13.9. The van der Waals surface area contributed by atoms with Crippen LogP contribution in [0.1, 0.15) is 38.7 Å². The summed E-state index contributed by atoms with van der Waals surface area (Å²) in [6.45, 7) is 4.99. The Balaban J connectivity index is 2.31. The number of piperidine rings is 1. The van der Waals surface area contributed by atoms with Crippen LogP contribution in [0.2, 0.25) is 0 Å². The molecule has 0 aromatic heterocycles. The van der Waals surface area contributed by atoms with Gasteiger partial charge in [-0.1, -0.05) is 37.3 Å². The zero-order valence-corrected chi connectivity index (χ0v) is 12.1. The van der Waals surface area contributed by atoms with E-state index in [2.05, 4.69) is 31.0 Å². The Kier molecular flexibility index (Phi) is 4.25. The van der Waals surface area contributed by atoms with Crippen molar-refractivity contribution in [1.82, 2.24) is 4.90 Å². The first kappa shape index (κ1) is 14.1. The highest BCUT2D eigenvalue weighted by atomic mass is 16.6. The summed E-state index contributed by atoms with van der Waals surface area (Å²) >= 11 is 0.